The van der Waals surface area contributed by atoms with Gasteiger partial charge in [-0.1, -0.05) is 19.1 Å². The lowest BCUT2D eigenvalue weighted by atomic mass is 9.83. The summed E-state index contributed by atoms with van der Waals surface area (Å²) in [6, 6.07) is 5.88. The smallest absolute Gasteiger partial charge is 0.226 e. The Morgan fingerprint density at radius 1 is 1.37 bits per heavy atom. The maximum Gasteiger partial charge on any atom is 0.226 e. The van der Waals surface area contributed by atoms with E-state index in [0.717, 1.165) is 49.2 Å². The standard InChI is InChI=1S/C21H32N2O4/c1-3-11-26-19-13-15(8-9-17(19)22)21(24)23-10-5-12-27-20-16(14-23)6-4-7-18(20)25-2/h4,6-7,15,17,19H,3,5,8-14,22H2,1-2H3/t15-,17-,19-/m0/s1. The molecule has 2 aliphatic rings. The number of fused-ring (bicyclic) bond motifs is 1. The minimum atomic E-state index is -0.0156. The molecular formula is C21H32N2O4. The Morgan fingerprint density at radius 2 is 2.22 bits per heavy atom. The first-order chi connectivity index (χ1) is 13.1. The van der Waals surface area contributed by atoms with Gasteiger partial charge in [0.05, 0.1) is 19.8 Å². The van der Waals surface area contributed by atoms with Gasteiger partial charge in [0.25, 0.3) is 0 Å². The molecule has 1 aliphatic heterocycles. The van der Waals surface area contributed by atoms with Gasteiger partial charge in [-0.2, -0.15) is 0 Å². The first-order valence-corrected chi connectivity index (χ1v) is 10.1. The molecule has 6 heteroatoms. The van der Waals surface area contributed by atoms with E-state index >= 15 is 0 Å². The molecule has 0 spiro atoms. The second-order valence-corrected chi connectivity index (χ2v) is 7.49. The Labute approximate surface area is 161 Å². The summed E-state index contributed by atoms with van der Waals surface area (Å²) in [5.41, 5.74) is 7.22. The average molecular weight is 376 g/mol. The molecule has 0 radical (unpaired) electrons. The molecular weight excluding hydrogens is 344 g/mol. The van der Waals surface area contributed by atoms with Crippen LogP contribution in [0.4, 0.5) is 0 Å². The fourth-order valence-corrected chi connectivity index (χ4v) is 4.01. The molecule has 0 aromatic heterocycles. The number of benzene rings is 1. The molecule has 1 amide bonds. The van der Waals surface area contributed by atoms with Crippen LogP contribution in [0.2, 0.25) is 0 Å². The van der Waals surface area contributed by atoms with Crippen molar-refractivity contribution in [3.05, 3.63) is 23.8 Å². The van der Waals surface area contributed by atoms with Crippen molar-refractivity contribution in [3.8, 4) is 11.5 Å². The van der Waals surface area contributed by atoms with E-state index in [0.29, 0.717) is 26.3 Å². The summed E-state index contributed by atoms with van der Waals surface area (Å²) in [4.78, 5) is 15.2. The highest BCUT2D eigenvalue weighted by molar-refractivity contribution is 5.79. The van der Waals surface area contributed by atoms with Crippen molar-refractivity contribution in [3.63, 3.8) is 0 Å². The molecule has 1 aromatic carbocycles. The van der Waals surface area contributed by atoms with Gasteiger partial charge >= 0.3 is 0 Å². The van der Waals surface area contributed by atoms with E-state index in [4.69, 9.17) is 19.9 Å². The van der Waals surface area contributed by atoms with Gasteiger partial charge in [-0.15, -0.1) is 0 Å². The average Bonchev–Trinajstić information content (AvgIpc) is 2.67. The van der Waals surface area contributed by atoms with Gasteiger partial charge in [-0.05, 0) is 38.2 Å². The van der Waals surface area contributed by atoms with Crippen molar-refractivity contribution in [2.24, 2.45) is 11.7 Å². The molecule has 1 heterocycles. The van der Waals surface area contributed by atoms with Crippen LogP contribution in [0.5, 0.6) is 11.5 Å². The molecule has 0 saturated heterocycles. The van der Waals surface area contributed by atoms with E-state index in [9.17, 15) is 4.79 Å². The highest BCUT2D eigenvalue weighted by Gasteiger charge is 2.35. The number of carbonyl (C=O) groups is 1. The van der Waals surface area contributed by atoms with Gasteiger partial charge in [-0.25, -0.2) is 0 Å². The Bertz CT molecular complexity index is 637. The van der Waals surface area contributed by atoms with Crippen molar-refractivity contribution >= 4 is 5.91 Å². The van der Waals surface area contributed by atoms with Gasteiger partial charge < -0.3 is 24.8 Å². The molecule has 27 heavy (non-hydrogen) atoms. The Morgan fingerprint density at radius 3 is 3.00 bits per heavy atom. The SMILES string of the molecule is CCCO[C@H]1C[C@@H](C(=O)N2CCCOc3c(cccc3OC)C2)CC[C@@H]1N. The second kappa shape index (κ2) is 9.42. The number of rotatable bonds is 5. The molecule has 0 bridgehead atoms. The van der Waals surface area contributed by atoms with Gasteiger partial charge in [0.15, 0.2) is 11.5 Å². The van der Waals surface area contributed by atoms with Gasteiger partial charge in [0, 0.05) is 37.2 Å². The maximum absolute atomic E-state index is 13.3. The molecule has 2 N–H and O–H groups in total. The normalized spacial score (nSPS) is 25.7. The van der Waals surface area contributed by atoms with Crippen LogP contribution in [0.3, 0.4) is 0 Å². The molecule has 1 aromatic rings. The number of hydrogen-bond donors (Lipinski definition) is 1. The lowest BCUT2D eigenvalue weighted by molar-refractivity contribution is -0.139. The summed E-state index contributed by atoms with van der Waals surface area (Å²) in [5, 5.41) is 0. The molecule has 6 nitrogen and oxygen atoms in total. The number of methoxy groups -OCH3 is 1. The number of ether oxygens (including phenoxy) is 3. The Kier molecular flexibility index (Phi) is 6.96. The molecule has 0 unspecified atom stereocenters. The lowest BCUT2D eigenvalue weighted by Crippen LogP contribution is -2.47. The fourth-order valence-electron chi connectivity index (χ4n) is 4.01. The molecule has 3 rings (SSSR count). The summed E-state index contributed by atoms with van der Waals surface area (Å²) < 4.78 is 17.2. The van der Waals surface area contributed by atoms with Crippen LogP contribution in [-0.4, -0.2) is 49.8 Å². The van der Waals surface area contributed by atoms with E-state index in [1.165, 1.54) is 0 Å². The Hall–Kier alpha value is -1.79. The number of para-hydroxylation sites is 1. The maximum atomic E-state index is 13.3. The minimum Gasteiger partial charge on any atom is -0.493 e. The van der Waals surface area contributed by atoms with E-state index in [2.05, 4.69) is 6.92 Å². The third-order valence-corrected chi connectivity index (χ3v) is 5.50. The third kappa shape index (κ3) is 4.74. The van der Waals surface area contributed by atoms with Crippen molar-refractivity contribution in [1.29, 1.82) is 0 Å². The zero-order valence-corrected chi connectivity index (χ0v) is 16.5. The zero-order chi connectivity index (χ0) is 19.2. The van der Waals surface area contributed by atoms with E-state index < -0.39 is 0 Å². The fraction of sp³-hybridized carbons (Fsp3) is 0.667. The molecule has 1 fully saturated rings. The summed E-state index contributed by atoms with van der Waals surface area (Å²) in [5.74, 6) is 1.68. The van der Waals surface area contributed by atoms with Crippen LogP contribution in [0.15, 0.2) is 18.2 Å². The van der Waals surface area contributed by atoms with Crippen LogP contribution < -0.4 is 15.2 Å². The van der Waals surface area contributed by atoms with E-state index in [-0.39, 0.29) is 24.0 Å². The first kappa shape index (κ1) is 20.0. The highest BCUT2D eigenvalue weighted by Crippen LogP contribution is 2.34. The number of hydrogen-bond acceptors (Lipinski definition) is 5. The molecule has 1 aliphatic carbocycles. The van der Waals surface area contributed by atoms with Crippen LogP contribution in [0.1, 0.15) is 44.6 Å². The third-order valence-electron chi connectivity index (χ3n) is 5.50. The monoisotopic (exact) mass is 376 g/mol. The second-order valence-electron chi connectivity index (χ2n) is 7.49. The van der Waals surface area contributed by atoms with Crippen molar-refractivity contribution in [2.75, 3.05) is 26.9 Å². The predicted octanol–water partition coefficient (Wildman–Crippen LogP) is 2.73. The van der Waals surface area contributed by atoms with Gasteiger partial charge in [0.1, 0.15) is 0 Å². The number of nitrogens with two attached hydrogens (primary N) is 1. The summed E-state index contributed by atoms with van der Waals surface area (Å²) in [7, 11) is 1.64. The summed E-state index contributed by atoms with van der Waals surface area (Å²) >= 11 is 0. The summed E-state index contributed by atoms with van der Waals surface area (Å²) in [6.07, 6.45) is 4.16. The molecule has 3 atom stereocenters. The van der Waals surface area contributed by atoms with Crippen molar-refractivity contribution in [1.82, 2.24) is 4.90 Å². The minimum absolute atomic E-state index is 0.0129. The van der Waals surface area contributed by atoms with Crippen LogP contribution in [0, 0.1) is 5.92 Å². The topological polar surface area (TPSA) is 74.0 Å². The Balaban J connectivity index is 1.72. The molecule has 150 valence electrons. The number of nitrogens with zero attached hydrogens (tertiary/aromatic N) is 1. The van der Waals surface area contributed by atoms with Gasteiger partial charge in [0.2, 0.25) is 5.91 Å². The van der Waals surface area contributed by atoms with Crippen molar-refractivity contribution < 1.29 is 19.0 Å². The largest absolute Gasteiger partial charge is 0.493 e. The highest BCUT2D eigenvalue weighted by atomic mass is 16.5. The van der Waals surface area contributed by atoms with E-state index in [1.54, 1.807) is 7.11 Å². The number of carbonyl (C=O) groups excluding carboxylic acids is 1. The summed E-state index contributed by atoms with van der Waals surface area (Å²) in [6.45, 7) is 4.63. The molecule has 1 saturated carbocycles. The van der Waals surface area contributed by atoms with Crippen molar-refractivity contribution in [2.45, 2.75) is 57.7 Å². The van der Waals surface area contributed by atoms with Crippen LogP contribution in [0.25, 0.3) is 0 Å². The van der Waals surface area contributed by atoms with E-state index in [1.807, 2.05) is 23.1 Å². The predicted molar refractivity (Wildman–Crippen MR) is 104 cm³/mol. The zero-order valence-electron chi connectivity index (χ0n) is 16.5. The van der Waals surface area contributed by atoms with Crippen LogP contribution >= 0.6 is 0 Å². The number of amides is 1. The van der Waals surface area contributed by atoms with Crippen LogP contribution in [-0.2, 0) is 16.1 Å². The first-order valence-electron chi connectivity index (χ1n) is 10.1. The lowest BCUT2D eigenvalue weighted by Gasteiger charge is -2.36. The van der Waals surface area contributed by atoms with Gasteiger partial charge in [-0.3, -0.25) is 4.79 Å². The quantitative estimate of drug-likeness (QED) is 0.855.